The van der Waals surface area contributed by atoms with E-state index in [9.17, 15) is 13.2 Å². The molecule has 1 aromatic heterocycles. The zero-order valence-electron chi connectivity index (χ0n) is 6.17. The Bertz CT molecular complexity index is 331. The van der Waals surface area contributed by atoms with Crippen LogP contribution in [0.5, 0.6) is 0 Å². The zero-order chi connectivity index (χ0) is 10.1. The van der Waals surface area contributed by atoms with Crippen molar-refractivity contribution in [2.75, 3.05) is 0 Å². The minimum Gasteiger partial charge on any atom is -0.409 e. The standard InChI is InChI=1S/C6H5F3N2OS/c7-6(8,9)4-2-13-1-3(4)5(10)11-12/h1-2,12H,(H2,10,11). The molecular weight excluding hydrogens is 205 g/mol. The largest absolute Gasteiger partial charge is 0.417 e. The molecule has 0 bridgehead atoms. The molecule has 0 aliphatic carbocycles. The molecule has 0 fully saturated rings. The van der Waals surface area contributed by atoms with Crippen molar-refractivity contribution in [3.63, 3.8) is 0 Å². The molecule has 0 unspecified atom stereocenters. The first-order valence-corrected chi connectivity index (χ1v) is 4.02. The molecule has 1 rings (SSSR count). The minimum absolute atomic E-state index is 0.292. The van der Waals surface area contributed by atoms with Gasteiger partial charge in [-0.25, -0.2) is 0 Å². The number of hydrogen-bond acceptors (Lipinski definition) is 3. The number of thiophene rings is 1. The molecule has 0 atom stereocenters. The summed E-state index contributed by atoms with van der Waals surface area (Å²) in [5.74, 6) is -0.534. The summed E-state index contributed by atoms with van der Waals surface area (Å²) in [6, 6.07) is 0. The van der Waals surface area contributed by atoms with Crippen molar-refractivity contribution in [1.82, 2.24) is 0 Å². The van der Waals surface area contributed by atoms with Crippen LogP contribution in [0.2, 0.25) is 0 Å². The van der Waals surface area contributed by atoms with Gasteiger partial charge in [-0.15, -0.1) is 0 Å². The van der Waals surface area contributed by atoms with Crippen molar-refractivity contribution in [2.24, 2.45) is 10.9 Å². The van der Waals surface area contributed by atoms with Gasteiger partial charge in [0.2, 0.25) is 0 Å². The zero-order valence-corrected chi connectivity index (χ0v) is 6.99. The first-order valence-electron chi connectivity index (χ1n) is 3.08. The van der Waals surface area contributed by atoms with Gasteiger partial charge in [-0.05, 0) is 0 Å². The number of nitrogens with zero attached hydrogens (tertiary/aromatic N) is 1. The molecule has 0 spiro atoms. The van der Waals surface area contributed by atoms with Gasteiger partial charge in [0.05, 0.1) is 5.56 Å². The lowest BCUT2D eigenvalue weighted by molar-refractivity contribution is -0.137. The summed E-state index contributed by atoms with van der Waals surface area (Å²) >= 11 is 0.845. The Morgan fingerprint density at radius 1 is 1.46 bits per heavy atom. The topological polar surface area (TPSA) is 58.6 Å². The number of rotatable bonds is 1. The Balaban J connectivity index is 3.18. The minimum atomic E-state index is -4.47. The number of oxime groups is 1. The molecule has 0 aliphatic rings. The molecule has 0 saturated heterocycles. The first-order chi connectivity index (χ1) is 5.96. The van der Waals surface area contributed by atoms with Crippen LogP contribution in [0.15, 0.2) is 15.9 Å². The van der Waals surface area contributed by atoms with Crippen LogP contribution in [0.3, 0.4) is 0 Å². The van der Waals surface area contributed by atoms with E-state index in [1.54, 1.807) is 0 Å². The van der Waals surface area contributed by atoms with E-state index in [4.69, 9.17) is 10.9 Å². The van der Waals surface area contributed by atoms with E-state index in [1.165, 1.54) is 5.38 Å². The summed E-state index contributed by atoms with van der Waals surface area (Å²) in [4.78, 5) is 0. The van der Waals surface area contributed by atoms with E-state index in [0.717, 1.165) is 16.7 Å². The number of hydrogen-bond donors (Lipinski definition) is 2. The molecule has 72 valence electrons. The van der Waals surface area contributed by atoms with E-state index in [0.29, 0.717) is 0 Å². The van der Waals surface area contributed by atoms with Gasteiger partial charge in [0.15, 0.2) is 5.84 Å². The van der Waals surface area contributed by atoms with Gasteiger partial charge in [0.25, 0.3) is 0 Å². The highest BCUT2D eigenvalue weighted by atomic mass is 32.1. The molecule has 3 nitrogen and oxygen atoms in total. The fourth-order valence-corrected chi connectivity index (χ4v) is 1.62. The molecule has 7 heteroatoms. The molecule has 3 N–H and O–H groups in total. The summed E-state index contributed by atoms with van der Waals surface area (Å²) in [6.45, 7) is 0. The van der Waals surface area contributed by atoms with Gasteiger partial charge >= 0.3 is 6.18 Å². The average Bonchev–Trinajstić information content (AvgIpc) is 2.49. The monoisotopic (exact) mass is 210 g/mol. The quantitative estimate of drug-likeness (QED) is 0.321. The van der Waals surface area contributed by atoms with Crippen LogP contribution in [-0.2, 0) is 6.18 Å². The van der Waals surface area contributed by atoms with Crippen molar-refractivity contribution in [1.29, 1.82) is 0 Å². The number of alkyl halides is 3. The highest BCUT2D eigenvalue weighted by Crippen LogP contribution is 2.33. The Hall–Kier alpha value is -1.24. The average molecular weight is 210 g/mol. The van der Waals surface area contributed by atoms with Crippen LogP contribution in [0.25, 0.3) is 0 Å². The maximum atomic E-state index is 12.2. The van der Waals surface area contributed by atoms with Gasteiger partial charge < -0.3 is 10.9 Å². The Morgan fingerprint density at radius 3 is 2.54 bits per heavy atom. The molecular formula is C6H5F3N2OS. The van der Waals surface area contributed by atoms with E-state index < -0.39 is 17.6 Å². The molecule has 0 aliphatic heterocycles. The summed E-state index contributed by atoms with van der Waals surface area (Å²) < 4.78 is 36.6. The number of amidine groups is 1. The third-order valence-electron chi connectivity index (χ3n) is 1.35. The maximum Gasteiger partial charge on any atom is 0.417 e. The van der Waals surface area contributed by atoms with E-state index in [2.05, 4.69) is 5.16 Å². The SMILES string of the molecule is N/C(=N\O)c1cscc1C(F)(F)F. The molecule has 0 saturated carbocycles. The highest BCUT2D eigenvalue weighted by molar-refractivity contribution is 7.08. The molecule has 1 heterocycles. The second-order valence-corrected chi connectivity index (χ2v) is 2.93. The van der Waals surface area contributed by atoms with Crippen LogP contribution in [-0.4, -0.2) is 11.0 Å². The Labute approximate surface area is 75.3 Å². The lowest BCUT2D eigenvalue weighted by atomic mass is 10.2. The molecule has 0 aromatic carbocycles. The van der Waals surface area contributed by atoms with Crippen LogP contribution in [0.4, 0.5) is 13.2 Å². The lowest BCUT2D eigenvalue weighted by Crippen LogP contribution is -2.17. The Kier molecular flexibility index (Phi) is 2.46. The molecule has 13 heavy (non-hydrogen) atoms. The molecule has 0 radical (unpaired) electrons. The van der Waals surface area contributed by atoms with Crippen molar-refractivity contribution >= 4 is 17.2 Å². The molecule has 0 amide bonds. The second-order valence-electron chi connectivity index (χ2n) is 2.18. The van der Waals surface area contributed by atoms with Crippen LogP contribution < -0.4 is 5.73 Å². The van der Waals surface area contributed by atoms with Crippen molar-refractivity contribution in [3.05, 3.63) is 21.9 Å². The number of nitrogens with two attached hydrogens (primary N) is 1. The normalized spacial score (nSPS) is 13.3. The van der Waals surface area contributed by atoms with E-state index in [1.807, 2.05) is 0 Å². The summed E-state index contributed by atoms with van der Waals surface area (Å²) in [6.07, 6.45) is -4.47. The van der Waals surface area contributed by atoms with Gasteiger partial charge in [0.1, 0.15) is 0 Å². The van der Waals surface area contributed by atoms with Crippen LogP contribution in [0.1, 0.15) is 11.1 Å². The lowest BCUT2D eigenvalue weighted by Gasteiger charge is -2.05. The third-order valence-corrected chi connectivity index (χ3v) is 2.09. The second kappa shape index (κ2) is 3.25. The van der Waals surface area contributed by atoms with E-state index in [-0.39, 0.29) is 5.56 Å². The summed E-state index contributed by atoms with van der Waals surface area (Å²) in [5.41, 5.74) is 3.87. The van der Waals surface area contributed by atoms with Gasteiger partial charge in [-0.1, -0.05) is 5.16 Å². The molecule has 1 aromatic rings. The van der Waals surface area contributed by atoms with Crippen molar-refractivity contribution in [3.8, 4) is 0 Å². The smallest absolute Gasteiger partial charge is 0.409 e. The fourth-order valence-electron chi connectivity index (χ4n) is 0.769. The predicted molar refractivity (Wildman–Crippen MR) is 41.8 cm³/mol. The summed E-state index contributed by atoms with van der Waals surface area (Å²) in [7, 11) is 0. The summed E-state index contributed by atoms with van der Waals surface area (Å²) in [5, 5.41) is 12.8. The van der Waals surface area contributed by atoms with Crippen molar-refractivity contribution in [2.45, 2.75) is 6.18 Å². The van der Waals surface area contributed by atoms with Crippen molar-refractivity contribution < 1.29 is 18.4 Å². The fraction of sp³-hybridized carbons (Fsp3) is 0.167. The van der Waals surface area contributed by atoms with Gasteiger partial charge in [-0.2, -0.15) is 24.5 Å². The van der Waals surface area contributed by atoms with Gasteiger partial charge in [0, 0.05) is 16.3 Å². The highest BCUT2D eigenvalue weighted by Gasteiger charge is 2.35. The van der Waals surface area contributed by atoms with Gasteiger partial charge in [-0.3, -0.25) is 0 Å². The first kappa shape index (κ1) is 9.85. The maximum absolute atomic E-state index is 12.2. The number of halogens is 3. The van der Waals surface area contributed by atoms with Crippen LogP contribution >= 0.6 is 11.3 Å². The van der Waals surface area contributed by atoms with E-state index >= 15 is 0 Å². The predicted octanol–water partition coefficient (Wildman–Crippen LogP) is 1.86. The van der Waals surface area contributed by atoms with Crippen LogP contribution in [0, 0.1) is 0 Å². The third kappa shape index (κ3) is 1.92. The Morgan fingerprint density at radius 2 is 2.08 bits per heavy atom.